The Hall–Kier alpha value is -1.35. The molecular formula is C27H40N2O. The van der Waals surface area contributed by atoms with Crippen LogP contribution >= 0.6 is 0 Å². The SMILES string of the molecule is CC(C)CC1C2CC3(C(=O)N[C@H]4CC[C@H](N)CC4)CC1CC(c1ccccc1)(C2)C3. The van der Waals surface area contributed by atoms with E-state index in [2.05, 4.69) is 49.5 Å². The van der Waals surface area contributed by atoms with Gasteiger partial charge in [-0.1, -0.05) is 44.2 Å². The average molecular weight is 409 g/mol. The molecule has 0 aromatic heterocycles. The fraction of sp³-hybridized carbons (Fsp3) is 0.741. The monoisotopic (exact) mass is 408 g/mol. The normalized spacial score (nSPS) is 42.5. The van der Waals surface area contributed by atoms with E-state index in [1.54, 1.807) is 0 Å². The third kappa shape index (κ3) is 3.51. The summed E-state index contributed by atoms with van der Waals surface area (Å²) in [5.74, 6) is 3.35. The van der Waals surface area contributed by atoms with Crippen LogP contribution in [-0.4, -0.2) is 18.0 Å². The van der Waals surface area contributed by atoms with Gasteiger partial charge in [0.2, 0.25) is 5.91 Å². The van der Waals surface area contributed by atoms with E-state index in [9.17, 15) is 4.79 Å². The molecule has 1 aromatic rings. The third-order valence-corrected chi connectivity index (χ3v) is 9.22. The maximum atomic E-state index is 13.8. The van der Waals surface area contributed by atoms with Crippen molar-refractivity contribution in [2.24, 2.45) is 34.8 Å². The molecule has 30 heavy (non-hydrogen) atoms. The van der Waals surface area contributed by atoms with Crippen LogP contribution in [0.25, 0.3) is 0 Å². The van der Waals surface area contributed by atoms with E-state index in [0.29, 0.717) is 29.8 Å². The first-order valence-electron chi connectivity index (χ1n) is 12.5. The lowest BCUT2D eigenvalue weighted by molar-refractivity contribution is -0.159. The van der Waals surface area contributed by atoms with Gasteiger partial charge in [0.05, 0.1) is 5.41 Å². The van der Waals surface area contributed by atoms with Gasteiger partial charge in [0.15, 0.2) is 0 Å². The number of carbonyl (C=O) groups excluding carboxylic acids is 1. The highest BCUT2D eigenvalue weighted by Crippen LogP contribution is 2.68. The first-order chi connectivity index (χ1) is 14.4. The molecule has 0 saturated heterocycles. The van der Waals surface area contributed by atoms with E-state index < -0.39 is 0 Å². The summed E-state index contributed by atoms with van der Waals surface area (Å²) < 4.78 is 0. The molecule has 1 amide bonds. The molecule has 6 rings (SSSR count). The van der Waals surface area contributed by atoms with Crippen LogP contribution in [0.5, 0.6) is 0 Å². The molecule has 3 nitrogen and oxygen atoms in total. The predicted molar refractivity (Wildman–Crippen MR) is 122 cm³/mol. The highest BCUT2D eigenvalue weighted by atomic mass is 16.2. The number of nitrogens with one attached hydrogen (secondary N) is 1. The van der Waals surface area contributed by atoms with Gasteiger partial charge in [-0.15, -0.1) is 0 Å². The second-order valence-electron chi connectivity index (χ2n) is 11.8. The van der Waals surface area contributed by atoms with Crippen LogP contribution < -0.4 is 11.1 Å². The Morgan fingerprint density at radius 2 is 1.67 bits per heavy atom. The van der Waals surface area contributed by atoms with Crippen molar-refractivity contribution in [1.82, 2.24) is 5.32 Å². The summed E-state index contributed by atoms with van der Waals surface area (Å²) in [5.41, 5.74) is 7.66. The molecule has 2 atom stereocenters. The van der Waals surface area contributed by atoms with E-state index >= 15 is 0 Å². The van der Waals surface area contributed by atoms with E-state index in [-0.39, 0.29) is 10.8 Å². The summed E-state index contributed by atoms with van der Waals surface area (Å²) in [6.45, 7) is 4.74. The predicted octanol–water partition coefficient (Wildman–Crippen LogP) is 5.18. The standard InChI is InChI=1S/C27H40N2O/c1-18(2)12-24-19-13-26(21-6-4-3-5-7-21)14-20(24)16-27(15-19,17-26)25(30)29-23-10-8-22(28)9-11-23/h3-7,18-20,22-24H,8-17,28H2,1-2H3,(H,29,30)/t19?,20?,22-,23-,24?,26?,27?. The van der Waals surface area contributed by atoms with Gasteiger partial charge in [0.25, 0.3) is 0 Å². The number of carbonyl (C=O) groups is 1. The first kappa shape index (κ1) is 20.5. The second kappa shape index (κ2) is 7.65. The van der Waals surface area contributed by atoms with Crippen molar-refractivity contribution in [3.05, 3.63) is 35.9 Å². The van der Waals surface area contributed by atoms with Crippen LogP contribution in [-0.2, 0) is 10.2 Å². The van der Waals surface area contributed by atoms with Crippen LogP contribution in [0, 0.1) is 29.1 Å². The molecular weight excluding hydrogens is 368 g/mol. The largest absolute Gasteiger partial charge is 0.353 e. The highest BCUT2D eigenvalue weighted by molar-refractivity contribution is 5.84. The highest BCUT2D eigenvalue weighted by Gasteiger charge is 2.63. The van der Waals surface area contributed by atoms with Crippen LogP contribution in [0.4, 0.5) is 0 Å². The Kier molecular flexibility index (Phi) is 5.24. The molecule has 0 radical (unpaired) electrons. The summed E-state index contributed by atoms with van der Waals surface area (Å²) in [4.78, 5) is 13.8. The maximum absolute atomic E-state index is 13.8. The van der Waals surface area contributed by atoms with Crippen LogP contribution in [0.1, 0.15) is 83.6 Å². The maximum Gasteiger partial charge on any atom is 0.226 e. The third-order valence-electron chi connectivity index (χ3n) is 9.22. The minimum Gasteiger partial charge on any atom is -0.353 e. The van der Waals surface area contributed by atoms with E-state index in [1.807, 2.05) is 0 Å². The van der Waals surface area contributed by atoms with Gasteiger partial charge in [0, 0.05) is 12.1 Å². The Morgan fingerprint density at radius 1 is 1.03 bits per heavy atom. The molecule has 5 saturated carbocycles. The van der Waals surface area contributed by atoms with E-state index in [4.69, 9.17) is 5.73 Å². The van der Waals surface area contributed by atoms with Crippen molar-refractivity contribution >= 4 is 5.91 Å². The fourth-order valence-corrected chi connectivity index (χ4v) is 8.17. The van der Waals surface area contributed by atoms with Gasteiger partial charge in [-0.3, -0.25) is 4.79 Å². The Labute approximate surface area is 182 Å². The number of hydrogen-bond acceptors (Lipinski definition) is 2. The molecule has 1 aromatic carbocycles. The van der Waals surface area contributed by atoms with Crippen molar-refractivity contribution < 1.29 is 4.79 Å². The minimum atomic E-state index is -0.144. The fourth-order valence-electron chi connectivity index (χ4n) is 8.17. The molecule has 3 N–H and O–H groups in total. The van der Waals surface area contributed by atoms with Crippen molar-refractivity contribution in [2.75, 3.05) is 0 Å². The molecule has 2 unspecified atom stereocenters. The minimum absolute atomic E-state index is 0.144. The van der Waals surface area contributed by atoms with Gasteiger partial charge in [0.1, 0.15) is 0 Å². The molecule has 164 valence electrons. The van der Waals surface area contributed by atoms with Gasteiger partial charge in [-0.25, -0.2) is 0 Å². The molecule has 5 aliphatic carbocycles. The summed E-state index contributed by atoms with van der Waals surface area (Å²) in [7, 11) is 0. The molecule has 0 spiro atoms. The Balaban J connectivity index is 1.42. The Morgan fingerprint density at radius 3 is 2.27 bits per heavy atom. The van der Waals surface area contributed by atoms with Crippen LogP contribution in [0.15, 0.2) is 30.3 Å². The lowest BCUT2D eigenvalue weighted by atomic mass is 9.39. The summed E-state index contributed by atoms with van der Waals surface area (Å²) >= 11 is 0. The van der Waals surface area contributed by atoms with Crippen molar-refractivity contribution in [3.63, 3.8) is 0 Å². The number of benzene rings is 1. The second-order valence-corrected chi connectivity index (χ2v) is 11.8. The van der Waals surface area contributed by atoms with E-state index in [1.165, 1.54) is 24.8 Å². The molecule has 5 aliphatic rings. The zero-order valence-electron chi connectivity index (χ0n) is 18.9. The quantitative estimate of drug-likeness (QED) is 0.705. The van der Waals surface area contributed by atoms with Gasteiger partial charge in [-0.05, 0) is 98.9 Å². The topological polar surface area (TPSA) is 55.1 Å². The summed E-state index contributed by atoms with van der Waals surface area (Å²) in [6, 6.07) is 11.8. The first-order valence-corrected chi connectivity index (χ1v) is 12.5. The van der Waals surface area contributed by atoms with Crippen LogP contribution in [0.2, 0.25) is 0 Å². The van der Waals surface area contributed by atoms with Gasteiger partial charge >= 0.3 is 0 Å². The molecule has 0 aliphatic heterocycles. The zero-order valence-corrected chi connectivity index (χ0v) is 18.9. The lowest BCUT2D eigenvalue weighted by Crippen LogP contribution is -2.62. The molecule has 3 heteroatoms. The zero-order chi connectivity index (χ0) is 20.9. The number of nitrogens with two attached hydrogens (primary N) is 1. The smallest absolute Gasteiger partial charge is 0.226 e. The summed E-state index contributed by atoms with van der Waals surface area (Å²) in [6.07, 6.45) is 11.4. The molecule has 5 fully saturated rings. The number of hydrogen-bond donors (Lipinski definition) is 2. The summed E-state index contributed by atoms with van der Waals surface area (Å²) in [5, 5.41) is 3.53. The van der Waals surface area contributed by atoms with Gasteiger partial charge < -0.3 is 11.1 Å². The Bertz CT molecular complexity index is 748. The van der Waals surface area contributed by atoms with Crippen molar-refractivity contribution in [2.45, 2.75) is 95.6 Å². The van der Waals surface area contributed by atoms with Gasteiger partial charge in [-0.2, -0.15) is 0 Å². The number of amides is 1. The molecule has 4 bridgehead atoms. The average Bonchev–Trinajstić information content (AvgIpc) is 2.72. The van der Waals surface area contributed by atoms with Crippen molar-refractivity contribution in [1.29, 1.82) is 0 Å². The number of rotatable bonds is 5. The van der Waals surface area contributed by atoms with Crippen LogP contribution in [0.3, 0.4) is 0 Å². The van der Waals surface area contributed by atoms with Crippen molar-refractivity contribution in [3.8, 4) is 0 Å². The molecule has 0 heterocycles. The lowest BCUT2D eigenvalue weighted by Gasteiger charge is -2.65. The van der Waals surface area contributed by atoms with E-state index in [0.717, 1.165) is 56.8 Å².